The number of nitrogens with zero attached hydrogens (tertiary/aromatic N) is 2. The number of morpholine rings is 1. The number of carbonyl (C=O) groups is 1. The van der Waals surface area contributed by atoms with Crippen molar-refractivity contribution in [3.05, 3.63) is 72.2 Å². The minimum Gasteiger partial charge on any atom is -0.379 e. The Hall–Kier alpha value is -3.01. The van der Waals surface area contributed by atoms with E-state index >= 15 is 0 Å². The third-order valence-electron chi connectivity index (χ3n) is 5.93. The number of hydrogen-bond acceptors (Lipinski definition) is 5. The van der Waals surface area contributed by atoms with E-state index in [1.165, 1.54) is 4.31 Å². The van der Waals surface area contributed by atoms with E-state index in [2.05, 4.69) is 15.3 Å². The van der Waals surface area contributed by atoms with Gasteiger partial charge in [-0.1, -0.05) is 49.4 Å². The van der Waals surface area contributed by atoms with Gasteiger partial charge in [-0.2, -0.15) is 4.31 Å². The van der Waals surface area contributed by atoms with Crippen molar-refractivity contribution in [3.63, 3.8) is 0 Å². The van der Waals surface area contributed by atoms with Gasteiger partial charge in [-0.3, -0.25) is 4.79 Å². The lowest BCUT2D eigenvalue weighted by Crippen LogP contribution is -2.40. The zero-order chi connectivity index (χ0) is 24.0. The number of H-pyrrole nitrogens is 1. The van der Waals surface area contributed by atoms with Crippen LogP contribution in [0.25, 0.3) is 11.3 Å². The van der Waals surface area contributed by atoms with E-state index in [-0.39, 0.29) is 16.8 Å². The smallest absolute Gasteiger partial charge is 0.243 e. The number of aryl methyl sites for hydroxylation is 1. The van der Waals surface area contributed by atoms with Crippen molar-refractivity contribution in [2.45, 2.75) is 37.1 Å². The number of rotatable bonds is 9. The fourth-order valence-corrected chi connectivity index (χ4v) is 5.34. The quantitative estimate of drug-likeness (QED) is 0.487. The van der Waals surface area contributed by atoms with Crippen molar-refractivity contribution < 1.29 is 17.9 Å². The molecule has 2 N–H and O–H groups in total. The predicted molar refractivity (Wildman–Crippen MR) is 130 cm³/mol. The van der Waals surface area contributed by atoms with Gasteiger partial charge in [0, 0.05) is 19.5 Å². The molecular formula is C25H30N4O4S. The van der Waals surface area contributed by atoms with Crippen molar-refractivity contribution in [2.75, 3.05) is 26.3 Å². The second-order valence-electron chi connectivity index (χ2n) is 8.24. The van der Waals surface area contributed by atoms with Gasteiger partial charge in [0.2, 0.25) is 15.9 Å². The van der Waals surface area contributed by atoms with Crippen LogP contribution in [0.2, 0.25) is 0 Å². The molecule has 1 unspecified atom stereocenters. The number of ether oxygens (including phenoxy) is 1. The summed E-state index contributed by atoms with van der Waals surface area (Å²) in [6.07, 6.45) is 3.32. The summed E-state index contributed by atoms with van der Waals surface area (Å²) >= 11 is 0. The van der Waals surface area contributed by atoms with E-state index in [9.17, 15) is 13.2 Å². The molecule has 8 nitrogen and oxygen atoms in total. The lowest BCUT2D eigenvalue weighted by Gasteiger charge is -2.26. The number of hydrogen-bond donors (Lipinski definition) is 2. The van der Waals surface area contributed by atoms with Crippen molar-refractivity contribution in [1.29, 1.82) is 0 Å². The molecule has 1 fully saturated rings. The normalized spacial score (nSPS) is 15.7. The van der Waals surface area contributed by atoms with Gasteiger partial charge in [0.15, 0.2) is 0 Å². The molecule has 2 aromatic carbocycles. The lowest BCUT2D eigenvalue weighted by atomic mass is 10.1. The fourth-order valence-electron chi connectivity index (χ4n) is 3.93. The average Bonchev–Trinajstić information content (AvgIpc) is 3.37. The number of carbonyl (C=O) groups excluding carboxylic acids is 1. The van der Waals surface area contributed by atoms with Gasteiger partial charge in [-0.25, -0.2) is 13.4 Å². The van der Waals surface area contributed by atoms with Crippen LogP contribution in [0, 0.1) is 0 Å². The van der Waals surface area contributed by atoms with Gasteiger partial charge in [0.05, 0.1) is 36.0 Å². The maximum atomic E-state index is 12.7. The number of nitrogens with one attached hydrogen (secondary N) is 2. The summed E-state index contributed by atoms with van der Waals surface area (Å²) in [6.45, 7) is 3.56. The number of amides is 1. The maximum Gasteiger partial charge on any atom is 0.243 e. The highest BCUT2D eigenvalue weighted by atomic mass is 32.2. The van der Waals surface area contributed by atoms with E-state index in [0.717, 1.165) is 22.6 Å². The fraction of sp³-hybridized carbons (Fsp3) is 0.360. The van der Waals surface area contributed by atoms with Crippen LogP contribution in [0.3, 0.4) is 0 Å². The molecule has 1 aromatic heterocycles. The SMILES string of the molecule is CCC(NC(=O)CCc1ccc(S(=O)(=O)N2CCOCC2)cc1)c1ncc(-c2ccccc2)[nH]1. The van der Waals surface area contributed by atoms with Crippen LogP contribution < -0.4 is 5.32 Å². The molecule has 0 saturated carbocycles. The molecule has 3 aromatic rings. The van der Waals surface area contributed by atoms with E-state index in [1.54, 1.807) is 30.5 Å². The van der Waals surface area contributed by atoms with Crippen molar-refractivity contribution >= 4 is 15.9 Å². The van der Waals surface area contributed by atoms with Crippen LogP contribution >= 0.6 is 0 Å². The Labute approximate surface area is 200 Å². The molecule has 1 amide bonds. The molecule has 2 heterocycles. The molecule has 0 radical (unpaired) electrons. The maximum absolute atomic E-state index is 12.7. The topological polar surface area (TPSA) is 104 Å². The highest BCUT2D eigenvalue weighted by molar-refractivity contribution is 7.89. The Bertz CT molecular complexity index is 1190. The largest absolute Gasteiger partial charge is 0.379 e. The highest BCUT2D eigenvalue weighted by Crippen LogP contribution is 2.21. The standard InChI is InChI=1S/C25H30N4O4S/c1-2-22(25-26-18-23(28-25)20-6-4-3-5-7-20)27-24(30)13-10-19-8-11-21(12-9-19)34(31,32)29-14-16-33-17-15-29/h3-9,11-12,18,22H,2,10,13-17H2,1H3,(H,26,28)(H,27,30). The van der Waals surface area contributed by atoms with Gasteiger partial charge in [-0.05, 0) is 36.1 Å². The Morgan fingerprint density at radius 1 is 1.12 bits per heavy atom. The molecule has 0 aliphatic carbocycles. The van der Waals surface area contributed by atoms with Crippen LogP contribution in [0.15, 0.2) is 65.7 Å². The highest BCUT2D eigenvalue weighted by Gasteiger charge is 2.26. The number of benzene rings is 2. The van der Waals surface area contributed by atoms with E-state index in [0.29, 0.717) is 45.6 Å². The Kier molecular flexibility index (Phi) is 7.77. The summed E-state index contributed by atoms with van der Waals surface area (Å²) in [4.78, 5) is 20.6. The first-order chi connectivity index (χ1) is 16.5. The van der Waals surface area contributed by atoms with E-state index in [1.807, 2.05) is 37.3 Å². The molecule has 9 heteroatoms. The molecule has 34 heavy (non-hydrogen) atoms. The van der Waals surface area contributed by atoms with Gasteiger partial charge in [0.1, 0.15) is 5.82 Å². The van der Waals surface area contributed by atoms with Gasteiger partial charge in [0.25, 0.3) is 0 Å². The van der Waals surface area contributed by atoms with Crippen molar-refractivity contribution in [1.82, 2.24) is 19.6 Å². The van der Waals surface area contributed by atoms with Gasteiger partial charge >= 0.3 is 0 Å². The van der Waals surface area contributed by atoms with Crippen LogP contribution in [0.1, 0.15) is 37.2 Å². The lowest BCUT2D eigenvalue weighted by molar-refractivity contribution is -0.121. The van der Waals surface area contributed by atoms with Crippen LogP contribution in [0.4, 0.5) is 0 Å². The Morgan fingerprint density at radius 2 is 1.82 bits per heavy atom. The number of imidazole rings is 1. The molecule has 180 valence electrons. The summed E-state index contributed by atoms with van der Waals surface area (Å²) in [5.74, 6) is 0.655. The third-order valence-corrected chi connectivity index (χ3v) is 7.84. The number of aromatic nitrogens is 2. The first kappa shape index (κ1) is 24.1. The van der Waals surface area contributed by atoms with Crippen molar-refractivity contribution in [3.8, 4) is 11.3 Å². The van der Waals surface area contributed by atoms with E-state index < -0.39 is 10.0 Å². The Morgan fingerprint density at radius 3 is 2.50 bits per heavy atom. The average molecular weight is 483 g/mol. The third kappa shape index (κ3) is 5.72. The van der Waals surface area contributed by atoms with Crippen LogP contribution in [-0.4, -0.2) is 54.9 Å². The first-order valence-electron chi connectivity index (χ1n) is 11.5. The van der Waals surface area contributed by atoms with Gasteiger partial charge in [-0.15, -0.1) is 0 Å². The van der Waals surface area contributed by atoms with Gasteiger partial charge < -0.3 is 15.0 Å². The molecule has 1 atom stereocenters. The molecule has 1 aliphatic rings. The number of sulfonamides is 1. The summed E-state index contributed by atoms with van der Waals surface area (Å²) in [6, 6.07) is 16.5. The van der Waals surface area contributed by atoms with E-state index in [4.69, 9.17) is 4.74 Å². The summed E-state index contributed by atoms with van der Waals surface area (Å²) < 4.78 is 32.2. The molecule has 0 spiro atoms. The second kappa shape index (κ2) is 10.9. The molecule has 1 saturated heterocycles. The van der Waals surface area contributed by atoms with Crippen LogP contribution in [0.5, 0.6) is 0 Å². The summed E-state index contributed by atoms with van der Waals surface area (Å²) in [7, 11) is -3.51. The molecular weight excluding hydrogens is 452 g/mol. The van der Waals surface area contributed by atoms with Crippen LogP contribution in [-0.2, 0) is 26.0 Å². The minimum absolute atomic E-state index is 0.0745. The summed E-state index contributed by atoms with van der Waals surface area (Å²) in [5, 5.41) is 3.05. The first-order valence-corrected chi connectivity index (χ1v) is 13.0. The van der Waals surface area contributed by atoms with Crippen molar-refractivity contribution in [2.24, 2.45) is 0 Å². The summed E-state index contributed by atoms with van der Waals surface area (Å²) in [5.41, 5.74) is 2.87. The predicted octanol–water partition coefficient (Wildman–Crippen LogP) is 3.30. The Balaban J connectivity index is 1.32. The zero-order valence-corrected chi connectivity index (χ0v) is 20.1. The molecule has 0 bridgehead atoms. The number of aromatic amines is 1. The second-order valence-corrected chi connectivity index (χ2v) is 10.2. The zero-order valence-electron chi connectivity index (χ0n) is 19.2. The monoisotopic (exact) mass is 482 g/mol. The minimum atomic E-state index is -3.51. The molecule has 1 aliphatic heterocycles. The molecule has 4 rings (SSSR count).